The molecular formula is C24H36O7. The summed E-state index contributed by atoms with van der Waals surface area (Å²) in [7, 11) is 0. The molecule has 0 aromatic rings. The lowest BCUT2D eigenvalue weighted by atomic mass is 10.1. The number of allylic oxidation sites excluding steroid dienone is 6. The molecule has 7 nitrogen and oxygen atoms in total. The summed E-state index contributed by atoms with van der Waals surface area (Å²) in [6.07, 6.45) is 19.5. The normalized spacial score (nSPS) is 17.9. The van der Waals surface area contributed by atoms with Gasteiger partial charge in [0.25, 0.3) is 0 Å². The van der Waals surface area contributed by atoms with E-state index in [1.54, 1.807) is 0 Å². The molecule has 3 N–H and O–H groups in total. The third kappa shape index (κ3) is 11.4. The summed E-state index contributed by atoms with van der Waals surface area (Å²) < 4.78 is 9.55. The number of ether oxygens (including phenoxy) is 2. The van der Waals surface area contributed by atoms with Gasteiger partial charge < -0.3 is 24.8 Å². The number of cyclic esters (lactones) is 1. The summed E-state index contributed by atoms with van der Waals surface area (Å²) in [4.78, 5) is 22.8. The fourth-order valence-corrected chi connectivity index (χ4v) is 2.95. The minimum Gasteiger partial charge on any atom is -0.505 e. The zero-order valence-corrected chi connectivity index (χ0v) is 18.4. The maximum Gasteiger partial charge on any atom is 0.377 e. The van der Waals surface area contributed by atoms with Crippen molar-refractivity contribution in [3.63, 3.8) is 0 Å². The van der Waals surface area contributed by atoms with Crippen molar-refractivity contribution in [2.75, 3.05) is 6.61 Å². The molecule has 31 heavy (non-hydrogen) atoms. The molecule has 0 aliphatic carbocycles. The van der Waals surface area contributed by atoms with Crippen LogP contribution in [0.25, 0.3) is 0 Å². The number of carbonyl (C=O) groups is 2. The summed E-state index contributed by atoms with van der Waals surface area (Å²) >= 11 is 0. The van der Waals surface area contributed by atoms with Crippen LogP contribution in [0.5, 0.6) is 0 Å². The van der Waals surface area contributed by atoms with Gasteiger partial charge in [-0.3, -0.25) is 4.79 Å². The van der Waals surface area contributed by atoms with Gasteiger partial charge in [-0.1, -0.05) is 62.6 Å². The van der Waals surface area contributed by atoms with Gasteiger partial charge in [0.1, 0.15) is 12.7 Å². The SMILES string of the molecule is CC/C=C\C/C=C\C/C=C\CCCCCCCC(=O)OC[C@H](O)[C@H]1OC(=O)C(O)=C1O. The van der Waals surface area contributed by atoms with E-state index in [2.05, 4.69) is 48.1 Å². The highest BCUT2D eigenvalue weighted by Crippen LogP contribution is 2.21. The molecule has 0 unspecified atom stereocenters. The Labute approximate surface area is 184 Å². The van der Waals surface area contributed by atoms with E-state index in [4.69, 9.17) is 4.74 Å². The quantitative estimate of drug-likeness (QED) is 0.182. The van der Waals surface area contributed by atoms with E-state index < -0.39 is 42.3 Å². The van der Waals surface area contributed by atoms with Crippen LogP contribution in [0.4, 0.5) is 0 Å². The highest BCUT2D eigenvalue weighted by molar-refractivity contribution is 5.89. The Morgan fingerprint density at radius 2 is 1.61 bits per heavy atom. The first-order valence-electron chi connectivity index (χ1n) is 11.1. The maximum absolute atomic E-state index is 11.7. The third-order valence-electron chi connectivity index (χ3n) is 4.74. The highest BCUT2D eigenvalue weighted by atomic mass is 16.6. The van der Waals surface area contributed by atoms with E-state index in [9.17, 15) is 24.9 Å². The van der Waals surface area contributed by atoms with Gasteiger partial charge in [-0.25, -0.2) is 4.79 Å². The van der Waals surface area contributed by atoms with Crippen molar-refractivity contribution in [1.29, 1.82) is 0 Å². The van der Waals surface area contributed by atoms with Gasteiger partial charge in [-0.2, -0.15) is 0 Å². The molecule has 174 valence electrons. The van der Waals surface area contributed by atoms with E-state index >= 15 is 0 Å². The van der Waals surface area contributed by atoms with E-state index in [1.807, 2.05) is 0 Å². The minimum atomic E-state index is -1.43. The molecule has 1 aliphatic heterocycles. The van der Waals surface area contributed by atoms with Crippen LogP contribution in [-0.2, 0) is 19.1 Å². The molecule has 0 bridgehead atoms. The molecule has 7 heteroatoms. The van der Waals surface area contributed by atoms with Crippen molar-refractivity contribution < 1.29 is 34.4 Å². The summed E-state index contributed by atoms with van der Waals surface area (Å²) in [5.41, 5.74) is 0. The minimum absolute atomic E-state index is 0.240. The van der Waals surface area contributed by atoms with Crippen LogP contribution in [0.15, 0.2) is 48.0 Å². The molecular weight excluding hydrogens is 400 g/mol. The van der Waals surface area contributed by atoms with Crippen molar-refractivity contribution in [2.45, 2.75) is 83.3 Å². The average Bonchev–Trinajstić information content (AvgIpc) is 3.02. The number of aliphatic hydroxyl groups excluding tert-OH is 3. The first-order chi connectivity index (χ1) is 15.0. The van der Waals surface area contributed by atoms with Crippen LogP contribution in [0, 0.1) is 0 Å². The van der Waals surface area contributed by atoms with Gasteiger partial charge in [0, 0.05) is 6.42 Å². The summed E-state index contributed by atoms with van der Waals surface area (Å²) in [6.45, 7) is 1.70. The Hall–Kier alpha value is -2.54. The Balaban J connectivity index is 1.97. The van der Waals surface area contributed by atoms with Crippen LogP contribution in [0.1, 0.15) is 71.1 Å². The second-order valence-corrected chi connectivity index (χ2v) is 7.41. The van der Waals surface area contributed by atoms with E-state index in [-0.39, 0.29) is 6.42 Å². The lowest BCUT2D eigenvalue weighted by molar-refractivity contribution is -0.154. The molecule has 0 spiro atoms. The van der Waals surface area contributed by atoms with Gasteiger partial charge in [-0.15, -0.1) is 0 Å². The topological polar surface area (TPSA) is 113 Å². The second-order valence-electron chi connectivity index (χ2n) is 7.41. The van der Waals surface area contributed by atoms with Crippen LogP contribution in [0.3, 0.4) is 0 Å². The molecule has 1 heterocycles. The zero-order valence-electron chi connectivity index (χ0n) is 18.4. The predicted molar refractivity (Wildman–Crippen MR) is 118 cm³/mol. The van der Waals surface area contributed by atoms with Gasteiger partial charge >= 0.3 is 11.9 Å². The molecule has 1 aliphatic rings. The smallest absolute Gasteiger partial charge is 0.377 e. The van der Waals surface area contributed by atoms with Crippen molar-refractivity contribution in [3.05, 3.63) is 48.0 Å². The Morgan fingerprint density at radius 1 is 1.00 bits per heavy atom. The fourth-order valence-electron chi connectivity index (χ4n) is 2.95. The van der Waals surface area contributed by atoms with Gasteiger partial charge in [0.2, 0.25) is 5.76 Å². The fraction of sp³-hybridized carbons (Fsp3) is 0.583. The number of hydrogen-bond acceptors (Lipinski definition) is 7. The first-order valence-corrected chi connectivity index (χ1v) is 11.1. The molecule has 0 fully saturated rings. The summed E-state index contributed by atoms with van der Waals surface area (Å²) in [5.74, 6) is -3.26. The lowest BCUT2D eigenvalue weighted by Gasteiger charge is -2.17. The van der Waals surface area contributed by atoms with Gasteiger partial charge in [-0.05, 0) is 38.5 Å². The van der Waals surface area contributed by atoms with Crippen LogP contribution in [0.2, 0.25) is 0 Å². The van der Waals surface area contributed by atoms with E-state index in [0.717, 1.165) is 51.4 Å². The number of aliphatic hydroxyl groups is 3. The van der Waals surface area contributed by atoms with Crippen LogP contribution < -0.4 is 0 Å². The Kier molecular flexibility index (Phi) is 13.8. The van der Waals surface area contributed by atoms with Crippen LogP contribution >= 0.6 is 0 Å². The number of unbranched alkanes of at least 4 members (excludes halogenated alkanes) is 5. The van der Waals surface area contributed by atoms with Crippen molar-refractivity contribution in [3.8, 4) is 0 Å². The zero-order chi connectivity index (χ0) is 22.9. The number of rotatable bonds is 16. The molecule has 0 amide bonds. The van der Waals surface area contributed by atoms with Crippen molar-refractivity contribution in [2.24, 2.45) is 0 Å². The second kappa shape index (κ2) is 16.2. The highest BCUT2D eigenvalue weighted by Gasteiger charge is 2.39. The largest absolute Gasteiger partial charge is 0.505 e. The monoisotopic (exact) mass is 436 g/mol. The van der Waals surface area contributed by atoms with E-state index in [1.165, 1.54) is 0 Å². The Morgan fingerprint density at radius 3 is 2.26 bits per heavy atom. The molecule has 0 saturated carbocycles. The molecule has 0 aromatic heterocycles. The molecule has 2 atom stereocenters. The number of esters is 2. The van der Waals surface area contributed by atoms with Crippen molar-refractivity contribution >= 4 is 11.9 Å². The summed E-state index contributed by atoms with van der Waals surface area (Å²) in [6, 6.07) is 0. The lowest BCUT2D eigenvalue weighted by Crippen LogP contribution is -2.33. The van der Waals surface area contributed by atoms with Crippen molar-refractivity contribution in [1.82, 2.24) is 0 Å². The number of carbonyl (C=O) groups excluding carboxylic acids is 2. The third-order valence-corrected chi connectivity index (χ3v) is 4.74. The average molecular weight is 437 g/mol. The molecule has 1 rings (SSSR count). The maximum atomic E-state index is 11.7. The molecule has 0 saturated heterocycles. The van der Waals surface area contributed by atoms with E-state index in [0.29, 0.717) is 6.42 Å². The number of hydrogen-bond donors (Lipinski definition) is 3. The van der Waals surface area contributed by atoms with Gasteiger partial charge in [0.05, 0.1) is 0 Å². The summed E-state index contributed by atoms with van der Waals surface area (Å²) in [5, 5.41) is 28.5. The predicted octanol–water partition coefficient (Wildman–Crippen LogP) is 4.73. The van der Waals surface area contributed by atoms with Crippen LogP contribution in [-0.4, -0.2) is 46.1 Å². The molecule has 0 radical (unpaired) electrons. The Bertz CT molecular complexity index is 661. The molecule has 0 aromatic carbocycles. The first kappa shape index (κ1) is 26.5. The van der Waals surface area contributed by atoms with Gasteiger partial charge in [0.15, 0.2) is 11.9 Å². The standard InChI is InChI=1S/C24H36O7/c1-2-3-4-5-6-7-8-9-10-11-12-13-14-15-16-17-20(26)30-18-19(25)23-21(27)22(28)24(29)31-23/h3-4,6-7,9-10,19,23,25,27-28H,2,5,8,11-18H2,1H3/b4-3-,7-6-,10-9-/t19-,23+/m0/s1.